The minimum atomic E-state index is -1.83. The van der Waals surface area contributed by atoms with Crippen molar-refractivity contribution < 1.29 is 95.8 Å². The second-order valence-electron chi connectivity index (χ2n) is 32.6. The van der Waals surface area contributed by atoms with Gasteiger partial charge >= 0.3 is 24.0 Å². The standard InChI is InChI=1S/C73H117N9O20/c1-42(97-67(6,7)8)55(61(90)75-48(37-44-29-27-26-28-30-44)58(87)81-56(43(2)98-68(9,10)11)62(91)77-51(41-96-66(3,4)5)59(88)76-50(63(92)93)39-54(85)101-71(18,19)20)80-52(83)40-74-57(86)47(35-36-53(84)100-70(15,16)17)78-64(94)73(24,25)82-60(89)49(79-65(95)102-72(21,22)23)38-45-31-33-46(34-32-45)99-69(12,13)14/h26-34,42-43,47-51,55-56H,35-41H2,1-25H3,(H,74,86)(H,75,90)(H,76,88)(H,77,91)(H,78,94)(H,79,95)(H,80,83)(H,81,87)(H,82,89)(H,92,93)/t42-,43-,47+,48+,49+,50+,51+,55+,56+/m1/s1. The summed E-state index contributed by atoms with van der Waals surface area (Å²) in [6, 6.07) is 4.15. The number of carboxylic acid groups (broad SMARTS) is 1. The van der Waals surface area contributed by atoms with E-state index in [9.17, 15) is 62.6 Å². The van der Waals surface area contributed by atoms with Crippen LogP contribution in [-0.2, 0) is 94.0 Å². The van der Waals surface area contributed by atoms with E-state index in [-0.39, 0.29) is 19.3 Å². The van der Waals surface area contributed by atoms with E-state index in [1.807, 2.05) is 20.8 Å². The van der Waals surface area contributed by atoms with Crippen molar-refractivity contribution in [2.75, 3.05) is 13.2 Å². The van der Waals surface area contributed by atoms with Crippen LogP contribution in [0.4, 0.5) is 4.79 Å². The monoisotopic (exact) mass is 1440 g/mol. The maximum Gasteiger partial charge on any atom is 0.408 e. The van der Waals surface area contributed by atoms with Gasteiger partial charge in [0.2, 0.25) is 47.3 Å². The van der Waals surface area contributed by atoms with E-state index in [0.29, 0.717) is 16.9 Å². The Morgan fingerprint density at radius 3 is 1.34 bits per heavy atom. The molecule has 2 aromatic carbocycles. The van der Waals surface area contributed by atoms with Crippen molar-refractivity contribution in [1.82, 2.24) is 47.9 Å². The molecule has 2 rings (SSSR count). The van der Waals surface area contributed by atoms with Gasteiger partial charge in [-0.2, -0.15) is 0 Å². The lowest BCUT2D eigenvalue weighted by Gasteiger charge is -2.34. The van der Waals surface area contributed by atoms with Gasteiger partial charge in [-0.05, 0) is 203 Å². The molecule has 102 heavy (non-hydrogen) atoms. The number of benzene rings is 2. The van der Waals surface area contributed by atoms with Gasteiger partial charge in [0.05, 0.1) is 48.6 Å². The molecule has 29 heteroatoms. The Balaban J connectivity index is 2.63. The van der Waals surface area contributed by atoms with Crippen molar-refractivity contribution in [2.24, 2.45) is 0 Å². The molecule has 0 unspecified atom stereocenters. The molecular weight excluding hydrogens is 1320 g/mol. The molecule has 0 fully saturated rings. The molecule has 0 bridgehead atoms. The van der Waals surface area contributed by atoms with Gasteiger partial charge in [0.15, 0.2) is 0 Å². The number of carboxylic acids is 1. The van der Waals surface area contributed by atoms with Crippen molar-refractivity contribution >= 4 is 71.3 Å². The summed E-state index contributed by atoms with van der Waals surface area (Å²) >= 11 is 0. The Hall–Kier alpha value is -8.44. The minimum absolute atomic E-state index is 0.0639. The molecule has 0 aromatic heterocycles. The van der Waals surface area contributed by atoms with Crippen molar-refractivity contribution in [1.29, 1.82) is 0 Å². The first-order valence-electron chi connectivity index (χ1n) is 34.2. The summed E-state index contributed by atoms with van der Waals surface area (Å²) in [5, 5.41) is 33.2. The highest BCUT2D eigenvalue weighted by atomic mass is 16.6. The number of hydrogen-bond donors (Lipinski definition) is 10. The summed E-state index contributed by atoms with van der Waals surface area (Å²) < 4.78 is 40.5. The third kappa shape index (κ3) is 36.9. The van der Waals surface area contributed by atoms with Crippen LogP contribution in [0.25, 0.3) is 0 Å². The highest BCUT2D eigenvalue weighted by Gasteiger charge is 2.41. The average molecular weight is 1440 g/mol. The normalized spacial score (nSPS) is 15.1. The molecule has 0 aliphatic carbocycles. The zero-order valence-corrected chi connectivity index (χ0v) is 64.5. The Kier molecular flexibility index (Phi) is 33.1. The number of esters is 2. The molecular formula is C73H117N9O20. The van der Waals surface area contributed by atoms with Gasteiger partial charge in [-0.1, -0.05) is 42.5 Å². The summed E-state index contributed by atoms with van der Waals surface area (Å²) in [6.45, 7) is 39.7. The van der Waals surface area contributed by atoms with E-state index in [4.69, 9.17) is 33.2 Å². The number of carbonyl (C=O) groups is 12. The second-order valence-corrected chi connectivity index (χ2v) is 32.6. The van der Waals surface area contributed by atoms with Crippen molar-refractivity contribution in [3.63, 3.8) is 0 Å². The number of rotatable bonds is 34. The summed E-state index contributed by atoms with van der Waals surface area (Å²) in [7, 11) is 0. The van der Waals surface area contributed by atoms with Crippen molar-refractivity contribution in [2.45, 2.75) is 304 Å². The quantitative estimate of drug-likeness (QED) is 0.0300. The SMILES string of the molecule is C[C@@H](OC(C)(C)C)[C@H](NC(=O)CNC(=O)[C@H](CCC(=O)OC(C)(C)C)NC(=O)C(C)(C)NC(=O)[C@H](Cc1ccc(OC(C)(C)C)cc1)NC(=O)OC(C)(C)C)C(=O)N[C@@H](Cc1ccccc1)C(=O)N[C@H](C(=O)N[C@@H](COC(C)(C)C)C(=O)N[C@@H](CC(=O)OC(C)(C)C)C(=O)O)[C@@H](C)OC(C)(C)C. The smallest absolute Gasteiger partial charge is 0.408 e. The maximum atomic E-state index is 15.0. The third-order valence-electron chi connectivity index (χ3n) is 13.7. The van der Waals surface area contributed by atoms with E-state index < -0.39 is 196 Å². The minimum Gasteiger partial charge on any atom is -0.488 e. The van der Waals surface area contributed by atoms with Crippen LogP contribution >= 0.6 is 0 Å². The summed E-state index contributed by atoms with van der Waals surface area (Å²) in [4.78, 5) is 167. The van der Waals surface area contributed by atoms with Crippen molar-refractivity contribution in [3.05, 3.63) is 65.7 Å². The fourth-order valence-electron chi connectivity index (χ4n) is 9.59. The van der Waals surface area contributed by atoms with Gasteiger partial charge in [-0.3, -0.25) is 47.9 Å². The molecule has 0 heterocycles. The fraction of sp³-hybridized carbons (Fsp3) is 0.671. The summed E-state index contributed by atoms with van der Waals surface area (Å²) in [5.41, 5.74) is -6.86. The molecule has 9 atom stereocenters. The lowest BCUT2D eigenvalue weighted by molar-refractivity contribution is -0.159. The molecule has 0 saturated heterocycles. The van der Waals surface area contributed by atoms with E-state index in [1.165, 1.54) is 27.7 Å². The predicted molar refractivity (Wildman–Crippen MR) is 380 cm³/mol. The Morgan fingerprint density at radius 2 is 0.873 bits per heavy atom. The van der Waals surface area contributed by atoms with E-state index in [0.717, 1.165) is 0 Å². The van der Waals surface area contributed by atoms with Gasteiger partial charge in [-0.15, -0.1) is 0 Å². The zero-order chi connectivity index (χ0) is 78.5. The molecule has 0 saturated carbocycles. The molecule has 9 amide bonds. The topological polar surface area (TPSA) is 398 Å². The van der Waals surface area contributed by atoms with Crippen LogP contribution in [0.15, 0.2) is 54.6 Å². The molecule has 29 nitrogen and oxygen atoms in total. The second kappa shape index (κ2) is 37.7. The van der Waals surface area contributed by atoms with Crippen LogP contribution < -0.4 is 52.6 Å². The first-order chi connectivity index (χ1) is 46.3. The van der Waals surface area contributed by atoms with E-state index in [2.05, 4.69) is 47.9 Å². The number of carbonyl (C=O) groups excluding carboxylic acids is 11. The lowest BCUT2D eigenvalue weighted by atomic mass is 9.99. The number of aliphatic carboxylic acids is 1. The van der Waals surface area contributed by atoms with Gasteiger partial charge < -0.3 is 86.1 Å². The Labute approximate surface area is 601 Å². The van der Waals surface area contributed by atoms with Gasteiger partial charge in [0, 0.05) is 19.3 Å². The molecule has 2 aromatic rings. The number of nitrogens with one attached hydrogen (secondary N) is 9. The molecule has 0 spiro atoms. The summed E-state index contributed by atoms with van der Waals surface area (Å²) in [6.07, 6.45) is -5.11. The highest BCUT2D eigenvalue weighted by molar-refractivity contribution is 5.99. The fourth-order valence-corrected chi connectivity index (χ4v) is 9.59. The largest absolute Gasteiger partial charge is 0.488 e. The van der Waals surface area contributed by atoms with Crippen molar-refractivity contribution in [3.8, 4) is 5.75 Å². The first kappa shape index (κ1) is 89.6. The molecule has 10 N–H and O–H groups in total. The summed E-state index contributed by atoms with van der Waals surface area (Å²) in [5.74, 6) is -10.4. The first-order valence-corrected chi connectivity index (χ1v) is 34.2. The van der Waals surface area contributed by atoms with Crippen LogP contribution in [0.1, 0.15) is 203 Å². The number of alkyl carbamates (subject to hydrolysis) is 1. The maximum absolute atomic E-state index is 15.0. The number of amides is 9. The van der Waals surface area contributed by atoms with Gasteiger partial charge in [0.25, 0.3) is 0 Å². The van der Waals surface area contributed by atoms with Crippen LogP contribution in [-0.4, -0.2) is 189 Å². The molecule has 0 radical (unpaired) electrons. The Morgan fingerprint density at radius 1 is 0.422 bits per heavy atom. The zero-order valence-electron chi connectivity index (χ0n) is 64.5. The van der Waals surface area contributed by atoms with E-state index in [1.54, 1.807) is 179 Å². The molecule has 0 aliphatic heterocycles. The number of ether oxygens (including phenoxy) is 7. The van der Waals surface area contributed by atoms with Crippen LogP contribution in [0, 0.1) is 0 Å². The predicted octanol–water partition coefficient (Wildman–Crippen LogP) is 5.62. The molecule has 574 valence electrons. The lowest BCUT2D eigenvalue weighted by Crippen LogP contribution is -2.63. The average Bonchev–Trinajstić information content (AvgIpc) is 0.838. The van der Waals surface area contributed by atoms with Crippen LogP contribution in [0.2, 0.25) is 0 Å². The van der Waals surface area contributed by atoms with Gasteiger partial charge in [-0.25, -0.2) is 9.59 Å². The number of hydrogen-bond acceptors (Lipinski definition) is 19. The molecule has 0 aliphatic rings. The van der Waals surface area contributed by atoms with Crippen LogP contribution in [0.5, 0.6) is 5.75 Å². The van der Waals surface area contributed by atoms with Gasteiger partial charge in [0.1, 0.15) is 76.0 Å². The Bertz CT molecular complexity index is 3180. The highest BCUT2D eigenvalue weighted by Crippen LogP contribution is 2.22. The third-order valence-corrected chi connectivity index (χ3v) is 13.7. The van der Waals surface area contributed by atoms with E-state index >= 15 is 0 Å². The van der Waals surface area contributed by atoms with Crippen LogP contribution in [0.3, 0.4) is 0 Å².